The topological polar surface area (TPSA) is 59.0 Å². The summed E-state index contributed by atoms with van der Waals surface area (Å²) < 4.78 is 12.7. The molecule has 25 heavy (non-hydrogen) atoms. The maximum atomic E-state index is 11.6. The summed E-state index contributed by atoms with van der Waals surface area (Å²) in [6.07, 6.45) is 6.11. The van der Waals surface area contributed by atoms with Crippen LogP contribution in [0.5, 0.6) is 11.5 Å². The van der Waals surface area contributed by atoms with Crippen molar-refractivity contribution >= 4 is 5.97 Å². The number of carbonyl (C=O) groups is 1. The van der Waals surface area contributed by atoms with Gasteiger partial charge in [-0.15, -0.1) is 0 Å². The molecule has 0 bridgehead atoms. The molecule has 0 amide bonds. The lowest BCUT2D eigenvalue weighted by atomic mass is 9.85. The SMILES string of the molecule is Cc1c(C(=O)O)cc(C2CC2)c2c1OC1(CCC(CN(C)C)CC1)O2. The van der Waals surface area contributed by atoms with Crippen LogP contribution in [0.2, 0.25) is 0 Å². The van der Waals surface area contributed by atoms with E-state index in [9.17, 15) is 9.90 Å². The molecule has 2 aliphatic carbocycles. The first kappa shape index (κ1) is 16.7. The summed E-state index contributed by atoms with van der Waals surface area (Å²) in [5, 5.41) is 9.54. The Morgan fingerprint density at radius 1 is 1.20 bits per heavy atom. The van der Waals surface area contributed by atoms with Crippen LogP contribution in [-0.4, -0.2) is 42.4 Å². The molecule has 1 aromatic carbocycles. The fraction of sp³-hybridized carbons (Fsp3) is 0.650. The summed E-state index contributed by atoms with van der Waals surface area (Å²) in [4.78, 5) is 13.9. The number of ether oxygens (including phenoxy) is 2. The molecule has 136 valence electrons. The average Bonchev–Trinajstić information content (AvgIpc) is 3.31. The van der Waals surface area contributed by atoms with E-state index in [0.717, 1.165) is 56.4 Å². The maximum absolute atomic E-state index is 11.6. The van der Waals surface area contributed by atoms with E-state index in [2.05, 4.69) is 19.0 Å². The molecular formula is C20H27NO4. The molecule has 0 saturated heterocycles. The van der Waals surface area contributed by atoms with E-state index in [0.29, 0.717) is 28.7 Å². The minimum Gasteiger partial charge on any atom is -0.478 e. The number of benzene rings is 1. The Labute approximate surface area is 148 Å². The van der Waals surface area contributed by atoms with Crippen LogP contribution in [0, 0.1) is 12.8 Å². The van der Waals surface area contributed by atoms with Gasteiger partial charge >= 0.3 is 5.97 Å². The van der Waals surface area contributed by atoms with Crippen LogP contribution in [0.15, 0.2) is 6.07 Å². The fourth-order valence-corrected chi connectivity index (χ4v) is 4.31. The normalized spacial score (nSPS) is 27.9. The molecule has 5 heteroatoms. The predicted octanol–water partition coefficient (Wildman–Crippen LogP) is 3.79. The number of hydrogen-bond acceptors (Lipinski definition) is 4. The van der Waals surface area contributed by atoms with Crippen LogP contribution >= 0.6 is 0 Å². The van der Waals surface area contributed by atoms with Gasteiger partial charge < -0.3 is 19.5 Å². The second-order valence-electron chi connectivity index (χ2n) is 8.20. The molecule has 1 heterocycles. The monoisotopic (exact) mass is 345 g/mol. The summed E-state index contributed by atoms with van der Waals surface area (Å²) in [6.45, 7) is 2.93. The molecular weight excluding hydrogens is 318 g/mol. The van der Waals surface area contributed by atoms with Gasteiger partial charge in [0, 0.05) is 30.5 Å². The lowest BCUT2D eigenvalue weighted by Gasteiger charge is -2.36. The van der Waals surface area contributed by atoms with Crippen molar-refractivity contribution in [1.29, 1.82) is 0 Å². The smallest absolute Gasteiger partial charge is 0.336 e. The van der Waals surface area contributed by atoms with Crippen LogP contribution in [0.3, 0.4) is 0 Å². The Hall–Kier alpha value is -1.75. The van der Waals surface area contributed by atoms with Gasteiger partial charge in [-0.3, -0.25) is 0 Å². The Balaban J connectivity index is 1.61. The average molecular weight is 345 g/mol. The first-order chi connectivity index (χ1) is 11.9. The number of rotatable bonds is 4. The highest BCUT2D eigenvalue weighted by Gasteiger charge is 2.47. The number of carboxylic acid groups (broad SMARTS) is 1. The van der Waals surface area contributed by atoms with Gasteiger partial charge in [-0.05, 0) is 64.6 Å². The number of carboxylic acids is 1. The first-order valence-corrected chi connectivity index (χ1v) is 9.32. The molecule has 4 rings (SSSR count). The largest absolute Gasteiger partial charge is 0.478 e. The minimum atomic E-state index is -0.888. The third-order valence-electron chi connectivity index (χ3n) is 5.83. The van der Waals surface area contributed by atoms with E-state index in [1.807, 2.05) is 13.0 Å². The van der Waals surface area contributed by atoms with Gasteiger partial charge in [0.2, 0.25) is 0 Å². The van der Waals surface area contributed by atoms with Gasteiger partial charge in [0.1, 0.15) is 0 Å². The van der Waals surface area contributed by atoms with Crippen molar-refractivity contribution in [2.75, 3.05) is 20.6 Å². The van der Waals surface area contributed by atoms with Gasteiger partial charge in [0.25, 0.3) is 5.79 Å². The van der Waals surface area contributed by atoms with E-state index in [4.69, 9.17) is 9.47 Å². The van der Waals surface area contributed by atoms with E-state index < -0.39 is 11.8 Å². The second kappa shape index (κ2) is 5.90. The van der Waals surface area contributed by atoms with Crippen LogP contribution in [0.1, 0.15) is 65.9 Å². The van der Waals surface area contributed by atoms with Crippen molar-refractivity contribution in [2.24, 2.45) is 5.92 Å². The van der Waals surface area contributed by atoms with Crippen molar-refractivity contribution in [3.8, 4) is 11.5 Å². The summed E-state index contributed by atoms with van der Waals surface area (Å²) >= 11 is 0. The van der Waals surface area contributed by atoms with Crippen molar-refractivity contribution < 1.29 is 19.4 Å². The zero-order valence-electron chi connectivity index (χ0n) is 15.3. The van der Waals surface area contributed by atoms with E-state index in [1.54, 1.807) is 0 Å². The first-order valence-electron chi connectivity index (χ1n) is 9.32. The number of nitrogens with zero attached hydrogens (tertiary/aromatic N) is 1. The van der Waals surface area contributed by atoms with Crippen LogP contribution in [0.4, 0.5) is 0 Å². The van der Waals surface area contributed by atoms with Gasteiger partial charge in [-0.25, -0.2) is 4.79 Å². The summed E-state index contributed by atoms with van der Waals surface area (Å²) in [7, 11) is 4.23. The molecule has 1 N–H and O–H groups in total. The highest BCUT2D eigenvalue weighted by Crippen LogP contribution is 2.55. The molecule has 2 fully saturated rings. The summed E-state index contributed by atoms with van der Waals surface area (Å²) in [6, 6.07) is 1.81. The van der Waals surface area contributed by atoms with E-state index in [1.165, 1.54) is 0 Å². The quantitative estimate of drug-likeness (QED) is 0.900. The lowest BCUT2D eigenvalue weighted by molar-refractivity contribution is -0.115. The second-order valence-corrected chi connectivity index (χ2v) is 8.20. The standard InChI is InChI=1S/C20H27NO4/c1-12-15(19(22)23)10-16(14-4-5-14)18-17(12)24-20(25-18)8-6-13(7-9-20)11-21(2)3/h10,13-14H,4-9,11H2,1-3H3,(H,22,23). The zero-order valence-corrected chi connectivity index (χ0v) is 15.3. The third-order valence-corrected chi connectivity index (χ3v) is 5.83. The third kappa shape index (κ3) is 2.99. The van der Waals surface area contributed by atoms with E-state index >= 15 is 0 Å². The van der Waals surface area contributed by atoms with Gasteiger partial charge in [-0.2, -0.15) is 0 Å². The highest BCUT2D eigenvalue weighted by atomic mass is 16.7. The van der Waals surface area contributed by atoms with Crippen LogP contribution in [0.25, 0.3) is 0 Å². The molecule has 5 nitrogen and oxygen atoms in total. The molecule has 0 aromatic heterocycles. The number of hydrogen-bond donors (Lipinski definition) is 1. The van der Waals surface area contributed by atoms with Gasteiger partial charge in [0.05, 0.1) is 5.56 Å². The van der Waals surface area contributed by atoms with E-state index in [-0.39, 0.29) is 0 Å². The molecule has 1 spiro atoms. The summed E-state index contributed by atoms with van der Waals surface area (Å²) in [5.41, 5.74) is 2.08. The lowest BCUT2D eigenvalue weighted by Crippen LogP contribution is -2.43. The Morgan fingerprint density at radius 3 is 2.40 bits per heavy atom. The van der Waals surface area contributed by atoms with Gasteiger partial charge in [0.15, 0.2) is 11.5 Å². The predicted molar refractivity (Wildman–Crippen MR) is 94.6 cm³/mol. The minimum absolute atomic E-state index is 0.350. The summed E-state index contributed by atoms with van der Waals surface area (Å²) in [5.74, 6) is 1.12. The van der Waals surface area contributed by atoms with Crippen molar-refractivity contribution in [3.63, 3.8) is 0 Å². The molecule has 1 aliphatic heterocycles. The van der Waals surface area contributed by atoms with Crippen LogP contribution < -0.4 is 9.47 Å². The Bertz CT molecular complexity index is 700. The molecule has 2 saturated carbocycles. The van der Waals surface area contributed by atoms with Crippen molar-refractivity contribution in [1.82, 2.24) is 4.90 Å². The molecule has 0 unspecified atom stereocenters. The number of aromatic carboxylic acids is 1. The molecule has 3 aliphatic rings. The van der Waals surface area contributed by atoms with Gasteiger partial charge in [-0.1, -0.05) is 0 Å². The zero-order chi connectivity index (χ0) is 17.8. The highest BCUT2D eigenvalue weighted by molar-refractivity contribution is 5.91. The maximum Gasteiger partial charge on any atom is 0.336 e. The Kier molecular flexibility index (Phi) is 3.95. The van der Waals surface area contributed by atoms with Crippen molar-refractivity contribution in [3.05, 3.63) is 22.8 Å². The fourth-order valence-electron chi connectivity index (χ4n) is 4.31. The van der Waals surface area contributed by atoms with Crippen LogP contribution in [-0.2, 0) is 0 Å². The molecule has 1 aromatic rings. The molecule has 0 radical (unpaired) electrons. The molecule has 0 atom stereocenters. The van der Waals surface area contributed by atoms with Crippen molar-refractivity contribution in [2.45, 2.75) is 57.2 Å². The Morgan fingerprint density at radius 2 is 1.84 bits per heavy atom. The number of fused-ring (bicyclic) bond motifs is 1.